The van der Waals surface area contributed by atoms with Crippen LogP contribution in [-0.2, 0) is 6.61 Å². The first kappa shape index (κ1) is 19.7. The Morgan fingerprint density at radius 3 is 2.43 bits per heavy atom. The number of carbonyl (C=O) groups is 1. The summed E-state index contributed by atoms with van der Waals surface area (Å²) in [4.78, 5) is 16.8. The molecule has 1 N–H and O–H groups in total. The van der Waals surface area contributed by atoms with Crippen molar-refractivity contribution in [2.24, 2.45) is 0 Å². The third kappa shape index (κ3) is 5.23. The lowest BCUT2D eigenvalue weighted by Crippen LogP contribution is -2.13. The Kier molecular flexibility index (Phi) is 6.86. The molecule has 6 nitrogen and oxygen atoms in total. The van der Waals surface area contributed by atoms with Crippen molar-refractivity contribution >= 4 is 22.9 Å². The van der Waals surface area contributed by atoms with Crippen molar-refractivity contribution in [2.45, 2.75) is 20.5 Å². The van der Waals surface area contributed by atoms with Gasteiger partial charge in [-0.2, -0.15) is 0 Å². The molecule has 0 atom stereocenters. The van der Waals surface area contributed by atoms with Crippen molar-refractivity contribution in [3.8, 4) is 17.2 Å². The van der Waals surface area contributed by atoms with Gasteiger partial charge >= 0.3 is 0 Å². The van der Waals surface area contributed by atoms with Crippen molar-refractivity contribution in [1.29, 1.82) is 0 Å². The number of thiazole rings is 1. The molecule has 0 spiro atoms. The molecule has 1 aromatic heterocycles. The second-order valence-electron chi connectivity index (χ2n) is 5.77. The number of aromatic nitrogens is 1. The molecule has 0 saturated heterocycles. The molecule has 0 saturated carbocycles. The monoisotopic (exact) mass is 398 g/mol. The van der Waals surface area contributed by atoms with Gasteiger partial charge < -0.3 is 19.5 Å². The summed E-state index contributed by atoms with van der Waals surface area (Å²) in [5.41, 5.74) is 3.74. The minimum absolute atomic E-state index is 0.236. The van der Waals surface area contributed by atoms with Crippen molar-refractivity contribution in [3.05, 3.63) is 64.6 Å². The number of ether oxygens (including phenoxy) is 3. The average molecular weight is 398 g/mol. The van der Waals surface area contributed by atoms with Crippen LogP contribution >= 0.6 is 11.3 Å². The summed E-state index contributed by atoms with van der Waals surface area (Å²) >= 11 is 1.53. The van der Waals surface area contributed by atoms with E-state index >= 15 is 0 Å². The second-order valence-corrected chi connectivity index (χ2v) is 6.49. The number of hydrogen-bond acceptors (Lipinski definition) is 6. The van der Waals surface area contributed by atoms with E-state index in [2.05, 4.69) is 10.3 Å². The lowest BCUT2D eigenvalue weighted by atomic mass is 10.2. The first-order valence-electron chi connectivity index (χ1n) is 9.00. The van der Waals surface area contributed by atoms with E-state index in [0.29, 0.717) is 48.3 Å². The maximum absolute atomic E-state index is 12.6. The van der Waals surface area contributed by atoms with Crippen LogP contribution in [0.5, 0.6) is 17.2 Å². The summed E-state index contributed by atoms with van der Waals surface area (Å²) in [6.07, 6.45) is 0. The highest BCUT2D eigenvalue weighted by molar-refractivity contribution is 7.07. The Balaban J connectivity index is 1.67. The van der Waals surface area contributed by atoms with E-state index in [1.807, 2.05) is 25.3 Å². The van der Waals surface area contributed by atoms with Gasteiger partial charge in [-0.15, -0.1) is 11.3 Å². The average Bonchev–Trinajstić information content (AvgIpc) is 3.23. The van der Waals surface area contributed by atoms with Crippen molar-refractivity contribution < 1.29 is 19.0 Å². The van der Waals surface area contributed by atoms with Gasteiger partial charge in [0, 0.05) is 17.0 Å². The van der Waals surface area contributed by atoms with Gasteiger partial charge in [0.1, 0.15) is 23.9 Å². The van der Waals surface area contributed by atoms with Gasteiger partial charge in [-0.05, 0) is 50.2 Å². The lowest BCUT2D eigenvalue weighted by Gasteiger charge is -2.14. The van der Waals surface area contributed by atoms with Crippen LogP contribution in [-0.4, -0.2) is 24.1 Å². The third-order valence-corrected chi connectivity index (χ3v) is 4.43. The molecular weight excluding hydrogens is 376 g/mol. The van der Waals surface area contributed by atoms with Crippen LogP contribution in [0.2, 0.25) is 0 Å². The van der Waals surface area contributed by atoms with E-state index in [0.717, 1.165) is 5.69 Å². The SMILES string of the molecule is CCOc1ccc(OCC)c(NC(=O)c2ccc(OCc3cscn3)cc2)c1. The van der Waals surface area contributed by atoms with Gasteiger partial charge in [0.15, 0.2) is 0 Å². The number of benzene rings is 2. The van der Waals surface area contributed by atoms with Gasteiger partial charge in [-0.25, -0.2) is 4.98 Å². The van der Waals surface area contributed by atoms with Crippen molar-refractivity contribution in [2.75, 3.05) is 18.5 Å². The summed E-state index contributed by atoms with van der Waals surface area (Å²) < 4.78 is 16.8. The zero-order valence-electron chi connectivity index (χ0n) is 15.8. The Labute approximate surface area is 168 Å². The number of nitrogens with one attached hydrogen (secondary N) is 1. The smallest absolute Gasteiger partial charge is 0.255 e. The summed E-state index contributed by atoms with van der Waals surface area (Å²) in [7, 11) is 0. The Bertz CT molecular complexity index is 895. The van der Waals surface area contributed by atoms with Crippen molar-refractivity contribution in [1.82, 2.24) is 4.98 Å². The fourth-order valence-electron chi connectivity index (χ4n) is 2.51. The highest BCUT2D eigenvalue weighted by Gasteiger charge is 2.12. The summed E-state index contributed by atoms with van der Waals surface area (Å²) in [6.45, 7) is 5.25. The van der Waals surface area contributed by atoms with Gasteiger partial charge in [0.25, 0.3) is 5.91 Å². The molecular formula is C21H22N2O4S. The molecule has 1 heterocycles. The number of rotatable bonds is 9. The summed E-state index contributed by atoms with van der Waals surface area (Å²) in [5, 5.41) is 4.83. The van der Waals surface area contributed by atoms with E-state index in [9.17, 15) is 4.79 Å². The molecule has 28 heavy (non-hydrogen) atoms. The van der Waals surface area contributed by atoms with Crippen LogP contribution in [0.3, 0.4) is 0 Å². The van der Waals surface area contributed by atoms with Crippen LogP contribution < -0.4 is 19.5 Å². The predicted octanol–water partition coefficient (Wildman–Crippen LogP) is 4.77. The highest BCUT2D eigenvalue weighted by atomic mass is 32.1. The van der Waals surface area contributed by atoms with Crippen LogP contribution in [0, 0.1) is 0 Å². The Hall–Kier alpha value is -3.06. The van der Waals surface area contributed by atoms with Crippen LogP contribution in [0.4, 0.5) is 5.69 Å². The molecule has 2 aromatic carbocycles. The maximum atomic E-state index is 12.6. The van der Waals surface area contributed by atoms with E-state index in [4.69, 9.17) is 14.2 Å². The molecule has 0 fully saturated rings. The van der Waals surface area contributed by atoms with Gasteiger partial charge in [-0.3, -0.25) is 4.79 Å². The molecule has 0 unspecified atom stereocenters. The molecule has 0 aliphatic carbocycles. The minimum Gasteiger partial charge on any atom is -0.494 e. The first-order chi connectivity index (χ1) is 13.7. The van der Waals surface area contributed by atoms with E-state index in [1.165, 1.54) is 11.3 Å². The molecule has 0 bridgehead atoms. The molecule has 0 aliphatic heterocycles. The normalized spacial score (nSPS) is 10.4. The molecule has 3 aromatic rings. The lowest BCUT2D eigenvalue weighted by molar-refractivity contribution is 0.102. The van der Waals surface area contributed by atoms with Gasteiger partial charge in [0.2, 0.25) is 0 Å². The molecule has 146 valence electrons. The van der Waals surface area contributed by atoms with E-state index in [-0.39, 0.29) is 5.91 Å². The zero-order valence-corrected chi connectivity index (χ0v) is 16.6. The molecule has 0 aliphatic rings. The topological polar surface area (TPSA) is 69.7 Å². The standard InChI is InChI=1S/C21H22N2O4S/c1-3-25-18-9-10-20(26-4-2)19(11-18)23-21(24)15-5-7-17(8-6-15)27-12-16-13-28-14-22-16/h5-11,13-14H,3-4,12H2,1-2H3,(H,23,24). The van der Waals surface area contributed by atoms with E-state index in [1.54, 1.807) is 41.9 Å². The van der Waals surface area contributed by atoms with Crippen LogP contribution in [0.1, 0.15) is 29.9 Å². The Morgan fingerprint density at radius 2 is 1.75 bits per heavy atom. The molecule has 7 heteroatoms. The fourth-order valence-corrected chi connectivity index (χ4v) is 3.05. The highest BCUT2D eigenvalue weighted by Crippen LogP contribution is 2.30. The second kappa shape index (κ2) is 9.75. The molecule has 1 amide bonds. The predicted molar refractivity (Wildman–Crippen MR) is 110 cm³/mol. The third-order valence-electron chi connectivity index (χ3n) is 3.80. The van der Waals surface area contributed by atoms with Gasteiger partial charge in [0.05, 0.1) is 30.1 Å². The number of anilines is 1. The summed E-state index contributed by atoms with van der Waals surface area (Å²) in [6, 6.07) is 12.3. The number of carbonyl (C=O) groups excluding carboxylic acids is 1. The van der Waals surface area contributed by atoms with Crippen LogP contribution in [0.25, 0.3) is 0 Å². The van der Waals surface area contributed by atoms with E-state index < -0.39 is 0 Å². The number of amides is 1. The molecule has 0 radical (unpaired) electrons. The maximum Gasteiger partial charge on any atom is 0.255 e. The number of nitrogens with zero attached hydrogens (tertiary/aromatic N) is 1. The largest absolute Gasteiger partial charge is 0.494 e. The number of hydrogen-bond donors (Lipinski definition) is 1. The fraction of sp³-hybridized carbons (Fsp3) is 0.238. The molecule has 3 rings (SSSR count). The summed E-state index contributed by atoms with van der Waals surface area (Å²) in [5.74, 6) is 1.72. The minimum atomic E-state index is -0.236. The van der Waals surface area contributed by atoms with Crippen molar-refractivity contribution in [3.63, 3.8) is 0 Å². The quantitative estimate of drug-likeness (QED) is 0.562. The first-order valence-corrected chi connectivity index (χ1v) is 9.94. The van der Waals surface area contributed by atoms with Crippen LogP contribution in [0.15, 0.2) is 53.4 Å². The van der Waals surface area contributed by atoms with Gasteiger partial charge in [-0.1, -0.05) is 0 Å². The zero-order chi connectivity index (χ0) is 19.8. The Morgan fingerprint density at radius 1 is 1.00 bits per heavy atom.